The molecule has 0 aliphatic rings. The van der Waals surface area contributed by atoms with Gasteiger partial charge in [0.05, 0.1) is 17.9 Å². The molecule has 2 aromatic heterocycles. The molecule has 2 aromatic carbocycles. The van der Waals surface area contributed by atoms with Crippen LogP contribution >= 0.6 is 0 Å². The molecule has 0 saturated carbocycles. The summed E-state index contributed by atoms with van der Waals surface area (Å²) in [6, 6.07) is 19.4. The number of aryl methyl sites for hydroxylation is 1. The summed E-state index contributed by atoms with van der Waals surface area (Å²) in [5.41, 5.74) is 3.76. The van der Waals surface area contributed by atoms with Crippen LogP contribution < -0.4 is 0 Å². The highest BCUT2D eigenvalue weighted by molar-refractivity contribution is 5.91. The Morgan fingerprint density at radius 2 is 1.69 bits per heavy atom. The van der Waals surface area contributed by atoms with E-state index in [0.717, 1.165) is 16.8 Å². The minimum absolute atomic E-state index is 0.0958. The molecule has 146 valence electrons. The molecular weight excluding hydrogens is 368 g/mol. The number of nitrogens with zero attached hydrogens (tertiary/aromatic N) is 4. The van der Waals surface area contributed by atoms with Crippen LogP contribution in [0.4, 0.5) is 0 Å². The van der Waals surface area contributed by atoms with Crippen molar-refractivity contribution in [2.75, 3.05) is 0 Å². The first kappa shape index (κ1) is 18.6. The van der Waals surface area contributed by atoms with Crippen LogP contribution in [0.3, 0.4) is 0 Å². The van der Waals surface area contributed by atoms with Gasteiger partial charge >= 0.3 is 5.97 Å². The van der Waals surface area contributed by atoms with Crippen LogP contribution in [0, 0.1) is 13.8 Å². The third-order valence-corrected chi connectivity index (χ3v) is 4.58. The molecule has 7 nitrogen and oxygen atoms in total. The van der Waals surface area contributed by atoms with E-state index in [1.807, 2.05) is 72.3 Å². The molecular formula is C22H20N4O3. The molecule has 0 fully saturated rings. The van der Waals surface area contributed by atoms with Crippen LogP contribution in [0.15, 0.2) is 65.1 Å². The summed E-state index contributed by atoms with van der Waals surface area (Å²) in [5, 5.41) is 12.4. The number of hydrogen-bond acceptors (Lipinski definition) is 6. The Morgan fingerprint density at radius 1 is 1.00 bits per heavy atom. The molecule has 0 N–H and O–H groups in total. The van der Waals surface area contributed by atoms with Crippen molar-refractivity contribution in [3.05, 3.63) is 89.1 Å². The Morgan fingerprint density at radius 3 is 2.41 bits per heavy atom. The number of aromatic nitrogens is 4. The summed E-state index contributed by atoms with van der Waals surface area (Å²) in [6.45, 7) is 4.15. The highest BCUT2D eigenvalue weighted by Crippen LogP contribution is 2.19. The molecule has 0 aliphatic heterocycles. The number of carbonyl (C=O) groups excluding carboxylic acids is 1. The second-order valence-electron chi connectivity index (χ2n) is 6.63. The number of esters is 1. The average Bonchev–Trinajstić information content (AvgIpc) is 3.32. The summed E-state index contributed by atoms with van der Waals surface area (Å²) in [6.07, 6.45) is 0. The Labute approximate surface area is 168 Å². The van der Waals surface area contributed by atoms with Crippen LogP contribution in [0.1, 0.15) is 33.2 Å². The zero-order chi connectivity index (χ0) is 20.2. The van der Waals surface area contributed by atoms with E-state index in [-0.39, 0.29) is 12.5 Å². The van der Waals surface area contributed by atoms with Crippen molar-refractivity contribution >= 4 is 5.97 Å². The lowest BCUT2D eigenvalue weighted by Crippen LogP contribution is -2.09. The van der Waals surface area contributed by atoms with Crippen LogP contribution in [0.2, 0.25) is 0 Å². The van der Waals surface area contributed by atoms with Gasteiger partial charge in [-0.25, -0.2) is 4.79 Å². The van der Waals surface area contributed by atoms with Gasteiger partial charge in [-0.2, -0.15) is 5.10 Å². The molecule has 0 unspecified atom stereocenters. The quantitative estimate of drug-likeness (QED) is 0.465. The third kappa shape index (κ3) is 4.08. The smallest absolute Gasteiger partial charge is 0.342 e. The van der Waals surface area contributed by atoms with Gasteiger partial charge in [0.2, 0.25) is 5.89 Å². The third-order valence-electron chi connectivity index (χ3n) is 4.58. The van der Waals surface area contributed by atoms with Gasteiger partial charge in [0.1, 0.15) is 5.56 Å². The van der Waals surface area contributed by atoms with Crippen molar-refractivity contribution in [3.8, 4) is 11.5 Å². The molecule has 4 aromatic rings. The molecule has 2 heterocycles. The summed E-state index contributed by atoms with van der Waals surface area (Å²) in [5.74, 6) is 0.169. The van der Waals surface area contributed by atoms with Crippen molar-refractivity contribution in [2.24, 2.45) is 0 Å². The number of benzene rings is 2. The second-order valence-corrected chi connectivity index (χ2v) is 6.63. The minimum Gasteiger partial charge on any atom is -0.452 e. The van der Waals surface area contributed by atoms with Gasteiger partial charge in [0.25, 0.3) is 5.89 Å². The zero-order valence-corrected chi connectivity index (χ0v) is 16.2. The van der Waals surface area contributed by atoms with E-state index in [1.165, 1.54) is 0 Å². The summed E-state index contributed by atoms with van der Waals surface area (Å²) >= 11 is 0. The normalized spacial score (nSPS) is 10.8. The summed E-state index contributed by atoms with van der Waals surface area (Å²) in [4.78, 5) is 12.6. The van der Waals surface area contributed by atoms with Gasteiger partial charge in [0, 0.05) is 5.56 Å². The number of ether oxygens (including phenoxy) is 1. The standard InChI is InChI=1S/C22H20N4O3/c1-15-20(16(2)26(25-15)13-17-9-5-3-6-10-17)22(27)28-14-19-23-24-21(29-19)18-11-7-4-8-12-18/h3-12H,13-14H2,1-2H3. The van der Waals surface area contributed by atoms with Crippen molar-refractivity contribution in [3.63, 3.8) is 0 Å². The Balaban J connectivity index is 1.45. The fourth-order valence-electron chi connectivity index (χ4n) is 3.11. The van der Waals surface area contributed by atoms with E-state index < -0.39 is 5.97 Å². The first-order valence-corrected chi connectivity index (χ1v) is 9.24. The van der Waals surface area contributed by atoms with Crippen LogP contribution in [-0.4, -0.2) is 25.9 Å². The summed E-state index contributed by atoms with van der Waals surface area (Å²) < 4.78 is 12.8. The molecule has 0 aliphatic carbocycles. The second kappa shape index (κ2) is 8.10. The van der Waals surface area contributed by atoms with Gasteiger partial charge in [0.15, 0.2) is 6.61 Å². The highest BCUT2D eigenvalue weighted by atomic mass is 16.5. The van der Waals surface area contributed by atoms with Crippen molar-refractivity contribution in [1.29, 1.82) is 0 Å². The van der Waals surface area contributed by atoms with Crippen molar-refractivity contribution in [2.45, 2.75) is 27.0 Å². The fourth-order valence-corrected chi connectivity index (χ4v) is 3.11. The lowest BCUT2D eigenvalue weighted by Gasteiger charge is -2.05. The Kier molecular flexibility index (Phi) is 5.20. The fraction of sp³-hybridized carbons (Fsp3) is 0.182. The molecule has 0 spiro atoms. The monoisotopic (exact) mass is 388 g/mol. The van der Waals surface area contributed by atoms with Crippen LogP contribution in [0.5, 0.6) is 0 Å². The number of rotatable bonds is 6. The van der Waals surface area contributed by atoms with E-state index in [9.17, 15) is 4.79 Å². The predicted octanol–water partition coefficient (Wildman–Crippen LogP) is 3.96. The van der Waals surface area contributed by atoms with Gasteiger partial charge in [-0.15, -0.1) is 10.2 Å². The van der Waals surface area contributed by atoms with Gasteiger partial charge in [-0.05, 0) is 31.5 Å². The number of hydrogen-bond donors (Lipinski definition) is 0. The van der Waals surface area contributed by atoms with Crippen LogP contribution in [-0.2, 0) is 17.9 Å². The predicted molar refractivity (Wildman–Crippen MR) is 106 cm³/mol. The zero-order valence-electron chi connectivity index (χ0n) is 16.2. The lowest BCUT2D eigenvalue weighted by atomic mass is 10.2. The van der Waals surface area contributed by atoms with E-state index in [0.29, 0.717) is 23.7 Å². The Bertz CT molecular complexity index is 1120. The molecule has 0 amide bonds. The maximum absolute atomic E-state index is 12.6. The van der Waals surface area contributed by atoms with E-state index >= 15 is 0 Å². The summed E-state index contributed by atoms with van der Waals surface area (Å²) in [7, 11) is 0. The molecule has 0 saturated heterocycles. The molecule has 0 bridgehead atoms. The average molecular weight is 388 g/mol. The van der Waals surface area contributed by atoms with Gasteiger partial charge in [-0.1, -0.05) is 48.5 Å². The molecule has 0 radical (unpaired) electrons. The largest absolute Gasteiger partial charge is 0.452 e. The van der Waals surface area contributed by atoms with Crippen molar-refractivity contribution in [1.82, 2.24) is 20.0 Å². The van der Waals surface area contributed by atoms with E-state index in [2.05, 4.69) is 15.3 Å². The maximum atomic E-state index is 12.6. The topological polar surface area (TPSA) is 83.0 Å². The number of carbonyl (C=O) groups is 1. The van der Waals surface area contributed by atoms with E-state index in [4.69, 9.17) is 9.15 Å². The molecule has 4 rings (SSSR count). The van der Waals surface area contributed by atoms with Gasteiger partial charge in [-0.3, -0.25) is 4.68 Å². The first-order chi connectivity index (χ1) is 14.1. The van der Waals surface area contributed by atoms with Gasteiger partial charge < -0.3 is 9.15 Å². The minimum atomic E-state index is -0.459. The van der Waals surface area contributed by atoms with Crippen molar-refractivity contribution < 1.29 is 13.9 Å². The molecule has 0 atom stereocenters. The lowest BCUT2D eigenvalue weighted by molar-refractivity contribution is 0.0437. The SMILES string of the molecule is Cc1nn(Cc2ccccc2)c(C)c1C(=O)OCc1nnc(-c2ccccc2)o1. The molecule has 29 heavy (non-hydrogen) atoms. The molecule has 7 heteroatoms. The van der Waals surface area contributed by atoms with Crippen LogP contribution in [0.25, 0.3) is 11.5 Å². The highest BCUT2D eigenvalue weighted by Gasteiger charge is 2.21. The first-order valence-electron chi connectivity index (χ1n) is 9.24. The maximum Gasteiger partial charge on any atom is 0.342 e. The Hall–Kier alpha value is -3.74. The van der Waals surface area contributed by atoms with E-state index in [1.54, 1.807) is 6.92 Å².